The second-order valence-electron chi connectivity index (χ2n) is 2.44. The van der Waals surface area contributed by atoms with Crippen molar-refractivity contribution >= 4 is 0 Å². The monoisotopic (exact) mass is 162 g/mol. The maximum atomic E-state index is 2.18. The van der Waals surface area contributed by atoms with E-state index < -0.39 is 0 Å². The maximum Gasteiger partial charge on any atom is -0.0379 e. The van der Waals surface area contributed by atoms with Gasteiger partial charge in [-0.15, -0.1) is 0 Å². The molecule has 0 saturated carbocycles. The summed E-state index contributed by atoms with van der Waals surface area (Å²) in [4.78, 5) is 0. The topological polar surface area (TPSA) is 0 Å². The molecule has 1 rings (SSSR count). The van der Waals surface area contributed by atoms with E-state index in [9.17, 15) is 0 Å². The zero-order chi connectivity index (χ0) is 9.07. The third-order valence-corrected chi connectivity index (χ3v) is 1.30. The molecule has 0 heteroatoms. The van der Waals surface area contributed by atoms with Gasteiger partial charge in [0, 0.05) is 0 Å². The molecule has 0 heterocycles. The molecule has 0 aliphatic carbocycles. The van der Waals surface area contributed by atoms with E-state index in [0.717, 1.165) is 0 Å². The van der Waals surface area contributed by atoms with Gasteiger partial charge in [-0.3, -0.25) is 0 Å². The van der Waals surface area contributed by atoms with Crippen molar-refractivity contribution in [1.29, 1.82) is 0 Å². The van der Waals surface area contributed by atoms with Gasteiger partial charge in [0.05, 0.1) is 0 Å². The minimum absolute atomic E-state index is 1.17. The molecule has 0 aromatic heterocycles. The Morgan fingerprint density at radius 1 is 0.667 bits per heavy atom. The van der Waals surface area contributed by atoms with Crippen molar-refractivity contribution in [1.82, 2.24) is 0 Å². The van der Waals surface area contributed by atoms with Gasteiger partial charge in [0.2, 0.25) is 0 Å². The van der Waals surface area contributed by atoms with Crippen LogP contribution in [0.3, 0.4) is 0 Å². The van der Waals surface area contributed by atoms with Crippen LogP contribution in [0.4, 0.5) is 0 Å². The molecule has 0 radical (unpaired) electrons. The molecule has 12 heavy (non-hydrogen) atoms. The highest BCUT2D eigenvalue weighted by Crippen LogP contribution is 1.81. The van der Waals surface area contributed by atoms with E-state index >= 15 is 0 Å². The van der Waals surface area contributed by atoms with Gasteiger partial charge in [0.1, 0.15) is 0 Å². The first-order chi connectivity index (χ1) is 5.91. The fraction of sp³-hybridized carbons (Fsp3) is 0.333. The van der Waals surface area contributed by atoms with Crippen molar-refractivity contribution < 1.29 is 0 Å². The molecule has 0 N–H and O–H groups in total. The smallest absolute Gasteiger partial charge is 0.0379 e. The molecule has 0 fully saturated rings. The van der Waals surface area contributed by atoms with Crippen LogP contribution in [0.5, 0.6) is 0 Å². The van der Waals surface area contributed by atoms with E-state index in [-0.39, 0.29) is 0 Å². The highest BCUT2D eigenvalue weighted by atomic mass is 13.7. The van der Waals surface area contributed by atoms with Crippen molar-refractivity contribution in [3.8, 4) is 0 Å². The molecule has 1 aromatic carbocycles. The van der Waals surface area contributed by atoms with E-state index in [0.29, 0.717) is 0 Å². The van der Waals surface area contributed by atoms with Gasteiger partial charge in [0.25, 0.3) is 0 Å². The van der Waals surface area contributed by atoms with Gasteiger partial charge in [-0.2, -0.15) is 0 Å². The first kappa shape index (κ1) is 11.0. The highest BCUT2D eigenvalue weighted by molar-refractivity contribution is 4.99. The average Bonchev–Trinajstić information content (AvgIpc) is 2.18. The van der Waals surface area contributed by atoms with Crippen molar-refractivity contribution in [2.75, 3.05) is 0 Å². The zero-order valence-corrected chi connectivity index (χ0v) is 8.03. The molecule has 0 unspecified atom stereocenters. The molecule has 0 saturated heterocycles. The number of hydrogen-bond donors (Lipinski definition) is 0. The molecule has 1 aromatic rings. The number of allylic oxidation sites excluding steroid dienone is 2. The Kier molecular flexibility index (Phi) is 9.10. The number of rotatable bonds is 2. The Morgan fingerprint density at radius 3 is 1.08 bits per heavy atom. The fourth-order valence-electron chi connectivity index (χ4n) is 0.718. The fourth-order valence-corrected chi connectivity index (χ4v) is 0.718. The third-order valence-electron chi connectivity index (χ3n) is 1.30. The molecule has 0 bridgehead atoms. The quantitative estimate of drug-likeness (QED) is 0.575. The molecule has 0 nitrogen and oxygen atoms in total. The Hall–Kier alpha value is -1.04. The van der Waals surface area contributed by atoms with Crippen molar-refractivity contribution in [2.45, 2.75) is 26.7 Å². The molecular formula is C12H18. The van der Waals surface area contributed by atoms with E-state index in [1.807, 2.05) is 36.4 Å². The van der Waals surface area contributed by atoms with Gasteiger partial charge >= 0.3 is 0 Å². The minimum atomic E-state index is 1.17. The Balaban J connectivity index is 0.000000202. The van der Waals surface area contributed by atoms with Crippen molar-refractivity contribution in [3.05, 3.63) is 48.6 Å². The van der Waals surface area contributed by atoms with Crippen molar-refractivity contribution in [3.63, 3.8) is 0 Å². The normalized spacial score (nSPS) is 9.17. The lowest BCUT2D eigenvalue weighted by Gasteiger charge is -1.72. The van der Waals surface area contributed by atoms with Crippen LogP contribution >= 0.6 is 0 Å². The van der Waals surface area contributed by atoms with E-state index in [4.69, 9.17) is 0 Å². The molecule has 0 aliphatic rings. The van der Waals surface area contributed by atoms with Crippen LogP contribution in [0.2, 0.25) is 0 Å². The molecule has 0 amide bonds. The highest BCUT2D eigenvalue weighted by Gasteiger charge is 1.60. The first-order valence-corrected chi connectivity index (χ1v) is 4.56. The van der Waals surface area contributed by atoms with Crippen LogP contribution in [0.25, 0.3) is 0 Å². The SMILES string of the molecule is CCC=CCC.c1ccccc1. The predicted molar refractivity (Wildman–Crippen MR) is 56.2 cm³/mol. The minimum Gasteiger partial charge on any atom is -0.0888 e. The number of hydrogen-bond acceptors (Lipinski definition) is 0. The van der Waals surface area contributed by atoms with Gasteiger partial charge in [0.15, 0.2) is 0 Å². The summed E-state index contributed by atoms with van der Waals surface area (Å²) in [6.45, 7) is 4.29. The van der Waals surface area contributed by atoms with E-state index in [2.05, 4.69) is 26.0 Å². The van der Waals surface area contributed by atoms with Gasteiger partial charge in [-0.05, 0) is 12.8 Å². The molecule has 0 atom stereocenters. The summed E-state index contributed by atoms with van der Waals surface area (Å²) in [5.41, 5.74) is 0. The molecule has 0 spiro atoms. The summed E-state index contributed by atoms with van der Waals surface area (Å²) in [5, 5.41) is 0. The van der Waals surface area contributed by atoms with Crippen LogP contribution in [0.1, 0.15) is 26.7 Å². The Labute approximate surface area is 75.9 Å². The van der Waals surface area contributed by atoms with Crippen LogP contribution in [-0.2, 0) is 0 Å². The number of benzene rings is 1. The van der Waals surface area contributed by atoms with Crippen LogP contribution in [-0.4, -0.2) is 0 Å². The summed E-state index contributed by atoms with van der Waals surface area (Å²) in [7, 11) is 0. The van der Waals surface area contributed by atoms with Gasteiger partial charge in [-0.25, -0.2) is 0 Å². The lowest BCUT2D eigenvalue weighted by atomic mass is 10.4. The zero-order valence-electron chi connectivity index (χ0n) is 8.03. The standard InChI is InChI=1S/C6H6.C6H12/c1-2-4-6-5-3-1;1-3-5-6-4-2/h1-6H;5-6H,3-4H2,1-2H3. The Bertz CT molecular complexity index is 142. The lowest BCUT2D eigenvalue weighted by molar-refractivity contribution is 1.16. The van der Waals surface area contributed by atoms with Gasteiger partial charge in [-0.1, -0.05) is 62.4 Å². The summed E-state index contributed by atoms with van der Waals surface area (Å²) in [6, 6.07) is 12.0. The molecule has 66 valence electrons. The van der Waals surface area contributed by atoms with E-state index in [1.54, 1.807) is 0 Å². The van der Waals surface area contributed by atoms with Crippen LogP contribution in [0.15, 0.2) is 48.6 Å². The first-order valence-electron chi connectivity index (χ1n) is 4.56. The largest absolute Gasteiger partial charge is 0.0888 e. The summed E-state index contributed by atoms with van der Waals surface area (Å²) in [6.07, 6.45) is 6.71. The third kappa shape index (κ3) is 8.96. The van der Waals surface area contributed by atoms with Crippen LogP contribution < -0.4 is 0 Å². The molecule has 0 aliphatic heterocycles. The summed E-state index contributed by atoms with van der Waals surface area (Å²) >= 11 is 0. The second kappa shape index (κ2) is 9.96. The molecular weight excluding hydrogens is 144 g/mol. The van der Waals surface area contributed by atoms with E-state index in [1.165, 1.54) is 12.8 Å². The second-order valence-corrected chi connectivity index (χ2v) is 2.44. The lowest BCUT2D eigenvalue weighted by Crippen LogP contribution is -1.51. The summed E-state index contributed by atoms with van der Waals surface area (Å²) < 4.78 is 0. The maximum absolute atomic E-state index is 2.18. The van der Waals surface area contributed by atoms with Crippen LogP contribution in [0, 0.1) is 0 Å². The van der Waals surface area contributed by atoms with Crippen molar-refractivity contribution in [2.24, 2.45) is 0 Å². The van der Waals surface area contributed by atoms with Gasteiger partial charge < -0.3 is 0 Å². The summed E-state index contributed by atoms with van der Waals surface area (Å²) in [5.74, 6) is 0. The predicted octanol–water partition coefficient (Wildman–Crippen LogP) is 4.05. The average molecular weight is 162 g/mol. The Morgan fingerprint density at radius 2 is 0.917 bits per heavy atom.